The first-order valence-corrected chi connectivity index (χ1v) is 9.95. The van der Waals surface area contributed by atoms with Crippen LogP contribution in [0.4, 0.5) is 0 Å². The van der Waals surface area contributed by atoms with Gasteiger partial charge in [0.05, 0.1) is 22.8 Å². The van der Waals surface area contributed by atoms with Gasteiger partial charge >= 0.3 is 0 Å². The number of hydrogen-bond acceptors (Lipinski definition) is 4. The van der Waals surface area contributed by atoms with Crippen molar-refractivity contribution < 1.29 is 0 Å². The zero-order valence-electron chi connectivity index (χ0n) is 17.1. The highest BCUT2D eigenvalue weighted by atomic mass is 15.1. The summed E-state index contributed by atoms with van der Waals surface area (Å²) in [7, 11) is 2.20. The molecule has 2 heterocycles. The van der Waals surface area contributed by atoms with Gasteiger partial charge in [-0.05, 0) is 87.5 Å². The van der Waals surface area contributed by atoms with Crippen LogP contribution in [0.1, 0.15) is 46.6 Å². The standard InChI is InChI=1S/C24H26N4/c1-15-11-18(13-25)12-16(2)22(15)23-17(3)20-8-5-9-21(24(20)27-26-23)19-7-6-10-28(4)14-19/h5,8-9,11-12,19H,6-7,10,14H2,1-4H3/t19-/m0/s1. The molecule has 0 unspecified atom stereocenters. The van der Waals surface area contributed by atoms with Crippen LogP contribution in [0.5, 0.6) is 0 Å². The number of nitriles is 1. The van der Waals surface area contributed by atoms with Crippen molar-refractivity contribution in [1.82, 2.24) is 15.1 Å². The largest absolute Gasteiger partial charge is 0.306 e. The van der Waals surface area contributed by atoms with Gasteiger partial charge in [0, 0.05) is 17.5 Å². The van der Waals surface area contributed by atoms with Crippen molar-refractivity contribution >= 4 is 10.9 Å². The van der Waals surface area contributed by atoms with Crippen molar-refractivity contribution in [2.75, 3.05) is 20.1 Å². The van der Waals surface area contributed by atoms with Gasteiger partial charge in [-0.15, -0.1) is 10.2 Å². The van der Waals surface area contributed by atoms with Crippen LogP contribution in [0, 0.1) is 32.1 Å². The van der Waals surface area contributed by atoms with Crippen LogP contribution in [0.25, 0.3) is 22.2 Å². The first kappa shape index (κ1) is 18.6. The summed E-state index contributed by atoms with van der Waals surface area (Å²) in [5, 5.41) is 19.8. The number of nitrogens with zero attached hydrogens (tertiary/aromatic N) is 4. The predicted molar refractivity (Wildman–Crippen MR) is 113 cm³/mol. The summed E-state index contributed by atoms with van der Waals surface area (Å²) in [6.45, 7) is 8.48. The predicted octanol–water partition coefficient (Wildman–Crippen LogP) is 4.90. The third-order valence-corrected chi connectivity index (χ3v) is 6.04. The molecule has 4 nitrogen and oxygen atoms in total. The first-order chi connectivity index (χ1) is 13.5. The lowest BCUT2D eigenvalue weighted by Gasteiger charge is -2.30. The number of aromatic nitrogens is 2. The van der Waals surface area contributed by atoms with Crippen LogP contribution in [-0.2, 0) is 0 Å². The van der Waals surface area contributed by atoms with Gasteiger partial charge in [-0.2, -0.15) is 5.26 Å². The van der Waals surface area contributed by atoms with Crippen molar-refractivity contribution in [2.45, 2.75) is 39.5 Å². The Morgan fingerprint density at radius 3 is 2.54 bits per heavy atom. The van der Waals surface area contributed by atoms with E-state index in [2.05, 4.69) is 48.2 Å². The Morgan fingerprint density at radius 2 is 1.86 bits per heavy atom. The maximum atomic E-state index is 9.24. The number of likely N-dealkylation sites (tertiary alicyclic amines) is 1. The second-order valence-electron chi connectivity index (χ2n) is 8.12. The van der Waals surface area contributed by atoms with Gasteiger partial charge in [-0.25, -0.2) is 0 Å². The number of likely N-dealkylation sites (N-methyl/N-ethyl adjacent to an activating group) is 1. The number of aryl methyl sites for hydroxylation is 3. The van der Waals surface area contributed by atoms with E-state index in [1.807, 2.05) is 26.0 Å². The minimum absolute atomic E-state index is 0.514. The highest BCUT2D eigenvalue weighted by molar-refractivity contribution is 5.90. The molecule has 0 saturated carbocycles. The van der Waals surface area contributed by atoms with E-state index in [9.17, 15) is 5.26 Å². The average molecular weight is 371 g/mol. The molecule has 0 aliphatic carbocycles. The molecule has 3 aromatic rings. The van der Waals surface area contributed by atoms with Gasteiger partial charge in [0.15, 0.2) is 0 Å². The van der Waals surface area contributed by atoms with Crippen LogP contribution >= 0.6 is 0 Å². The van der Waals surface area contributed by atoms with Crippen molar-refractivity contribution in [2.24, 2.45) is 0 Å². The summed E-state index contributed by atoms with van der Waals surface area (Å²) in [6, 6.07) is 12.6. The Labute approximate surface area is 166 Å². The van der Waals surface area contributed by atoms with Gasteiger partial charge in [0.2, 0.25) is 0 Å². The minimum Gasteiger partial charge on any atom is -0.306 e. The van der Waals surface area contributed by atoms with E-state index in [1.54, 1.807) is 0 Å². The van der Waals surface area contributed by atoms with Gasteiger partial charge in [-0.1, -0.05) is 18.2 Å². The van der Waals surface area contributed by atoms with Gasteiger partial charge in [-0.3, -0.25) is 0 Å². The first-order valence-electron chi connectivity index (χ1n) is 9.95. The zero-order valence-corrected chi connectivity index (χ0v) is 17.1. The average Bonchev–Trinajstić information content (AvgIpc) is 2.68. The molecule has 0 radical (unpaired) electrons. The van der Waals surface area contributed by atoms with Crippen LogP contribution in [0.3, 0.4) is 0 Å². The molecular formula is C24H26N4. The molecule has 2 aromatic carbocycles. The van der Waals surface area contributed by atoms with Gasteiger partial charge in [0.25, 0.3) is 0 Å². The molecule has 4 heteroatoms. The molecule has 0 spiro atoms. The Morgan fingerprint density at radius 1 is 1.11 bits per heavy atom. The fraction of sp³-hybridized carbons (Fsp3) is 0.375. The highest BCUT2D eigenvalue weighted by Gasteiger charge is 2.23. The molecule has 0 amide bonds. The number of hydrogen-bond donors (Lipinski definition) is 0. The molecule has 1 aliphatic heterocycles. The summed E-state index contributed by atoms with van der Waals surface area (Å²) in [4.78, 5) is 2.41. The summed E-state index contributed by atoms with van der Waals surface area (Å²) >= 11 is 0. The van der Waals surface area contributed by atoms with Gasteiger partial charge in [0.1, 0.15) is 0 Å². The van der Waals surface area contributed by atoms with E-state index in [1.165, 1.54) is 30.3 Å². The summed E-state index contributed by atoms with van der Waals surface area (Å²) in [5.41, 5.74) is 8.35. The third kappa shape index (κ3) is 3.16. The number of rotatable bonds is 2. The molecule has 28 heavy (non-hydrogen) atoms. The lowest BCUT2D eigenvalue weighted by molar-refractivity contribution is 0.251. The number of fused-ring (bicyclic) bond motifs is 1. The highest BCUT2D eigenvalue weighted by Crippen LogP contribution is 2.35. The summed E-state index contributed by atoms with van der Waals surface area (Å²) in [6.07, 6.45) is 2.44. The topological polar surface area (TPSA) is 52.8 Å². The van der Waals surface area contributed by atoms with Crippen LogP contribution in [0.2, 0.25) is 0 Å². The molecule has 1 atom stereocenters. The van der Waals surface area contributed by atoms with Crippen LogP contribution in [-0.4, -0.2) is 35.2 Å². The molecule has 1 fully saturated rings. The van der Waals surface area contributed by atoms with E-state index in [-0.39, 0.29) is 0 Å². The second kappa shape index (κ2) is 7.33. The minimum atomic E-state index is 0.514. The quantitative estimate of drug-likeness (QED) is 0.644. The van der Waals surface area contributed by atoms with E-state index < -0.39 is 0 Å². The maximum absolute atomic E-state index is 9.24. The Balaban J connectivity index is 1.86. The van der Waals surface area contributed by atoms with E-state index in [0.29, 0.717) is 11.5 Å². The monoisotopic (exact) mass is 370 g/mol. The number of piperidine rings is 1. The van der Waals surface area contributed by atoms with Crippen molar-refractivity contribution in [3.05, 3.63) is 58.1 Å². The molecule has 1 saturated heterocycles. The smallest absolute Gasteiger partial charge is 0.0991 e. The Kier molecular flexibility index (Phi) is 4.87. The van der Waals surface area contributed by atoms with Crippen LogP contribution < -0.4 is 0 Å². The molecule has 1 aliphatic rings. The zero-order chi connectivity index (χ0) is 19.8. The summed E-state index contributed by atoms with van der Waals surface area (Å²) < 4.78 is 0. The SMILES string of the molecule is Cc1cc(C#N)cc(C)c1-c1nnc2c([C@H]3CCCN(C)C3)cccc2c1C. The second-order valence-corrected chi connectivity index (χ2v) is 8.12. The molecule has 0 bridgehead atoms. The Hall–Kier alpha value is -2.77. The molecule has 1 aromatic heterocycles. The lowest BCUT2D eigenvalue weighted by Crippen LogP contribution is -2.31. The van der Waals surface area contributed by atoms with E-state index in [0.717, 1.165) is 40.0 Å². The molecule has 0 N–H and O–H groups in total. The fourth-order valence-corrected chi connectivity index (χ4v) is 4.67. The normalized spacial score (nSPS) is 17.6. The molecule has 142 valence electrons. The molecular weight excluding hydrogens is 344 g/mol. The van der Waals surface area contributed by atoms with Gasteiger partial charge < -0.3 is 4.90 Å². The van der Waals surface area contributed by atoms with E-state index >= 15 is 0 Å². The Bertz CT molecular complexity index is 1070. The van der Waals surface area contributed by atoms with Crippen molar-refractivity contribution in [1.29, 1.82) is 5.26 Å². The number of benzene rings is 2. The van der Waals surface area contributed by atoms with Crippen molar-refractivity contribution in [3.63, 3.8) is 0 Å². The maximum Gasteiger partial charge on any atom is 0.0991 e. The molecule has 4 rings (SSSR count). The lowest BCUT2D eigenvalue weighted by atomic mass is 9.88. The fourth-order valence-electron chi connectivity index (χ4n) is 4.67. The van der Waals surface area contributed by atoms with E-state index in [4.69, 9.17) is 5.10 Å². The third-order valence-electron chi connectivity index (χ3n) is 6.04. The van der Waals surface area contributed by atoms with Crippen molar-refractivity contribution in [3.8, 4) is 17.3 Å². The van der Waals surface area contributed by atoms with Crippen LogP contribution in [0.15, 0.2) is 30.3 Å². The summed E-state index contributed by atoms with van der Waals surface area (Å²) in [5.74, 6) is 0.514.